The van der Waals surface area contributed by atoms with E-state index in [4.69, 9.17) is 0 Å². The molecule has 1 aromatic heterocycles. The summed E-state index contributed by atoms with van der Waals surface area (Å²) in [4.78, 5) is 7.03. The molecule has 0 saturated carbocycles. The summed E-state index contributed by atoms with van der Waals surface area (Å²) >= 11 is 0. The third-order valence-corrected chi connectivity index (χ3v) is 3.56. The summed E-state index contributed by atoms with van der Waals surface area (Å²) < 4.78 is 0. The van der Waals surface area contributed by atoms with E-state index in [1.807, 2.05) is 12.3 Å². The van der Waals surface area contributed by atoms with Gasteiger partial charge in [-0.2, -0.15) is 0 Å². The Morgan fingerprint density at radius 2 is 2.22 bits per heavy atom. The molecule has 0 aliphatic carbocycles. The first-order valence-corrected chi connectivity index (χ1v) is 6.61. The highest BCUT2D eigenvalue weighted by Crippen LogP contribution is 2.18. The molecule has 1 atom stereocenters. The van der Waals surface area contributed by atoms with E-state index in [0.717, 1.165) is 31.7 Å². The number of piperazine rings is 1. The zero-order valence-electron chi connectivity index (χ0n) is 10.8. The average molecular weight is 241 g/mol. The number of benzene rings is 1. The predicted octanol–water partition coefficient (Wildman–Crippen LogP) is 2.03. The monoisotopic (exact) mass is 241 g/mol. The topological polar surface area (TPSA) is 28.2 Å². The molecule has 2 heterocycles. The Balaban J connectivity index is 1.86. The minimum absolute atomic E-state index is 0.585. The van der Waals surface area contributed by atoms with Crippen LogP contribution in [-0.2, 0) is 6.54 Å². The number of nitrogens with zero attached hydrogens (tertiary/aromatic N) is 2. The average Bonchev–Trinajstić information content (AvgIpc) is 2.39. The normalized spacial score (nSPS) is 21.3. The number of nitrogens with one attached hydrogen (secondary N) is 1. The molecule has 3 rings (SSSR count). The molecule has 3 nitrogen and oxygen atoms in total. The molecular weight excluding hydrogens is 222 g/mol. The molecule has 2 aromatic rings. The van der Waals surface area contributed by atoms with Crippen molar-refractivity contribution in [2.45, 2.75) is 19.5 Å². The van der Waals surface area contributed by atoms with Gasteiger partial charge in [-0.05, 0) is 18.6 Å². The number of rotatable bonds is 2. The second kappa shape index (κ2) is 5.04. The van der Waals surface area contributed by atoms with E-state index < -0.39 is 0 Å². The summed E-state index contributed by atoms with van der Waals surface area (Å²) in [5, 5.41) is 4.71. The van der Waals surface area contributed by atoms with Gasteiger partial charge in [-0.1, -0.05) is 24.3 Å². The molecule has 94 valence electrons. The summed E-state index contributed by atoms with van der Waals surface area (Å²) in [5.41, 5.74) is 2.48. The Labute approximate surface area is 108 Å². The molecule has 1 aliphatic heterocycles. The van der Waals surface area contributed by atoms with Crippen LogP contribution in [0, 0.1) is 0 Å². The maximum absolute atomic E-state index is 4.52. The van der Waals surface area contributed by atoms with Gasteiger partial charge in [-0.15, -0.1) is 0 Å². The van der Waals surface area contributed by atoms with Crippen LogP contribution >= 0.6 is 0 Å². The molecule has 1 saturated heterocycles. The fourth-order valence-corrected chi connectivity index (χ4v) is 2.69. The van der Waals surface area contributed by atoms with Crippen molar-refractivity contribution < 1.29 is 0 Å². The lowest BCUT2D eigenvalue weighted by Gasteiger charge is -2.31. The zero-order valence-corrected chi connectivity index (χ0v) is 10.8. The van der Waals surface area contributed by atoms with Crippen LogP contribution < -0.4 is 5.32 Å². The lowest BCUT2D eigenvalue weighted by molar-refractivity contribution is 0.200. The lowest BCUT2D eigenvalue weighted by atomic mass is 10.1. The van der Waals surface area contributed by atoms with E-state index >= 15 is 0 Å². The van der Waals surface area contributed by atoms with Crippen molar-refractivity contribution in [1.29, 1.82) is 0 Å². The van der Waals surface area contributed by atoms with Gasteiger partial charge in [0, 0.05) is 43.8 Å². The van der Waals surface area contributed by atoms with Crippen LogP contribution in [0.4, 0.5) is 0 Å². The largest absolute Gasteiger partial charge is 0.312 e. The predicted molar refractivity (Wildman–Crippen MR) is 74.5 cm³/mol. The quantitative estimate of drug-likeness (QED) is 0.872. The van der Waals surface area contributed by atoms with E-state index in [1.54, 1.807) is 0 Å². The minimum atomic E-state index is 0.585. The van der Waals surface area contributed by atoms with Gasteiger partial charge in [-0.3, -0.25) is 9.88 Å². The van der Waals surface area contributed by atoms with Crippen LogP contribution in [0.2, 0.25) is 0 Å². The van der Waals surface area contributed by atoms with Crippen LogP contribution in [0.3, 0.4) is 0 Å². The van der Waals surface area contributed by atoms with Gasteiger partial charge in [0.2, 0.25) is 0 Å². The van der Waals surface area contributed by atoms with Gasteiger partial charge < -0.3 is 5.32 Å². The summed E-state index contributed by atoms with van der Waals surface area (Å²) in [6.45, 7) is 6.56. The highest BCUT2D eigenvalue weighted by Gasteiger charge is 2.16. The van der Waals surface area contributed by atoms with E-state index in [2.05, 4.69) is 46.4 Å². The Morgan fingerprint density at radius 1 is 1.33 bits per heavy atom. The number of para-hydroxylation sites is 1. The van der Waals surface area contributed by atoms with Crippen LogP contribution in [0.1, 0.15) is 12.5 Å². The third-order valence-electron chi connectivity index (χ3n) is 3.56. The molecule has 18 heavy (non-hydrogen) atoms. The Morgan fingerprint density at radius 3 is 3.11 bits per heavy atom. The smallest absolute Gasteiger partial charge is 0.0746 e. The molecule has 0 amide bonds. The Hall–Kier alpha value is -1.45. The molecular formula is C15H19N3. The molecule has 1 aliphatic rings. The fraction of sp³-hybridized carbons (Fsp3) is 0.400. The van der Waals surface area contributed by atoms with Crippen molar-refractivity contribution in [2.24, 2.45) is 0 Å². The Bertz CT molecular complexity index is 533. The number of hydrogen-bond acceptors (Lipinski definition) is 3. The number of pyridine rings is 1. The second-order valence-corrected chi connectivity index (χ2v) is 5.08. The zero-order chi connectivity index (χ0) is 12.4. The van der Waals surface area contributed by atoms with Crippen LogP contribution in [0.5, 0.6) is 0 Å². The highest BCUT2D eigenvalue weighted by atomic mass is 15.2. The summed E-state index contributed by atoms with van der Waals surface area (Å²) in [5.74, 6) is 0. The van der Waals surface area contributed by atoms with Gasteiger partial charge in [-0.25, -0.2) is 0 Å². The number of fused-ring (bicyclic) bond motifs is 1. The molecule has 0 unspecified atom stereocenters. The molecule has 1 N–H and O–H groups in total. The highest BCUT2D eigenvalue weighted by molar-refractivity contribution is 5.81. The maximum atomic E-state index is 4.52. The van der Waals surface area contributed by atoms with E-state index in [1.165, 1.54) is 10.9 Å². The minimum Gasteiger partial charge on any atom is -0.312 e. The maximum Gasteiger partial charge on any atom is 0.0746 e. The number of hydrogen-bond donors (Lipinski definition) is 1. The van der Waals surface area contributed by atoms with Gasteiger partial charge in [0.25, 0.3) is 0 Å². The standard InChI is InChI=1S/C15H19N3/c1-12-10-18(9-8-16-12)11-14-5-2-4-13-6-3-7-17-15(13)14/h2-7,12,16H,8-11H2,1H3/t12-/m1/s1. The Kier molecular flexibility index (Phi) is 3.26. The van der Waals surface area contributed by atoms with Crippen molar-refractivity contribution in [3.8, 4) is 0 Å². The molecule has 0 spiro atoms. The summed E-state index contributed by atoms with van der Waals surface area (Å²) in [6.07, 6.45) is 1.88. The van der Waals surface area contributed by atoms with E-state index in [9.17, 15) is 0 Å². The van der Waals surface area contributed by atoms with Crippen molar-refractivity contribution in [3.05, 3.63) is 42.1 Å². The summed E-state index contributed by atoms with van der Waals surface area (Å²) in [7, 11) is 0. The molecule has 1 fully saturated rings. The first-order chi connectivity index (χ1) is 8.83. The van der Waals surface area contributed by atoms with Crippen molar-refractivity contribution in [2.75, 3.05) is 19.6 Å². The van der Waals surface area contributed by atoms with Crippen LogP contribution in [0.15, 0.2) is 36.5 Å². The molecule has 1 aromatic carbocycles. The van der Waals surface area contributed by atoms with Crippen molar-refractivity contribution in [3.63, 3.8) is 0 Å². The fourth-order valence-electron chi connectivity index (χ4n) is 2.69. The van der Waals surface area contributed by atoms with Crippen LogP contribution in [0.25, 0.3) is 10.9 Å². The first-order valence-electron chi connectivity index (χ1n) is 6.61. The molecule has 3 heteroatoms. The van der Waals surface area contributed by atoms with Gasteiger partial charge >= 0.3 is 0 Å². The van der Waals surface area contributed by atoms with Crippen LogP contribution in [-0.4, -0.2) is 35.6 Å². The van der Waals surface area contributed by atoms with Gasteiger partial charge in [0.05, 0.1) is 5.52 Å². The second-order valence-electron chi connectivity index (χ2n) is 5.08. The van der Waals surface area contributed by atoms with Gasteiger partial charge in [0.1, 0.15) is 0 Å². The SMILES string of the molecule is C[C@@H]1CN(Cc2cccc3cccnc23)CCN1. The van der Waals surface area contributed by atoms with Gasteiger partial charge in [0.15, 0.2) is 0 Å². The lowest BCUT2D eigenvalue weighted by Crippen LogP contribution is -2.48. The molecule has 0 bridgehead atoms. The number of aromatic nitrogens is 1. The van der Waals surface area contributed by atoms with E-state index in [-0.39, 0.29) is 0 Å². The summed E-state index contributed by atoms with van der Waals surface area (Å²) in [6, 6.07) is 11.2. The van der Waals surface area contributed by atoms with Crippen molar-refractivity contribution in [1.82, 2.24) is 15.2 Å². The molecule has 0 radical (unpaired) electrons. The first kappa shape index (κ1) is 11.6. The van der Waals surface area contributed by atoms with E-state index in [0.29, 0.717) is 6.04 Å². The third kappa shape index (κ3) is 2.37. The van der Waals surface area contributed by atoms with Crippen molar-refractivity contribution >= 4 is 10.9 Å².